The fourth-order valence-electron chi connectivity index (χ4n) is 3.78. The number of sulfonamides is 1. The van der Waals surface area contributed by atoms with Crippen LogP contribution in [0.15, 0.2) is 39.8 Å². The number of hydrogen-bond acceptors (Lipinski definition) is 8. The predicted octanol–water partition coefficient (Wildman–Crippen LogP) is 4.02. The third-order valence-electron chi connectivity index (χ3n) is 6.08. The van der Waals surface area contributed by atoms with Crippen LogP contribution in [0.1, 0.15) is 39.5 Å². The summed E-state index contributed by atoms with van der Waals surface area (Å²) in [4.78, 5) is 8.90. The average molecular weight is 552 g/mol. The molecule has 0 unspecified atom stereocenters. The lowest BCUT2D eigenvalue weighted by Gasteiger charge is -2.24. The van der Waals surface area contributed by atoms with Crippen LogP contribution in [-0.2, 0) is 10.0 Å². The summed E-state index contributed by atoms with van der Waals surface area (Å²) in [5, 5.41) is 24.9. The molecule has 1 aromatic carbocycles. The van der Waals surface area contributed by atoms with Gasteiger partial charge in [-0.05, 0) is 77.7 Å². The molecule has 1 saturated carbocycles. The lowest BCUT2D eigenvalue weighted by atomic mass is 9.83. The molecule has 0 saturated heterocycles. The first-order chi connectivity index (χ1) is 16.2. The first-order valence-electron chi connectivity index (χ1n) is 11.4. The molecular formula is C23H31BrN6O3S. The van der Waals surface area contributed by atoms with Crippen LogP contribution in [0.3, 0.4) is 0 Å². The van der Waals surface area contributed by atoms with Crippen LogP contribution in [0.5, 0.6) is 0 Å². The van der Waals surface area contributed by atoms with Crippen molar-refractivity contribution in [2.75, 3.05) is 23.8 Å². The van der Waals surface area contributed by atoms with Crippen molar-refractivity contribution in [2.45, 2.75) is 50.5 Å². The minimum Gasteiger partial charge on any atom is -0.394 e. The molecule has 9 nitrogen and oxygen atoms in total. The number of aliphatic hydroxyl groups excluding tert-OH is 1. The second-order valence-corrected chi connectivity index (χ2v) is 11.5. The summed E-state index contributed by atoms with van der Waals surface area (Å²) in [7, 11) is -3.62. The molecule has 1 fully saturated rings. The highest BCUT2D eigenvalue weighted by Crippen LogP contribution is 2.28. The van der Waals surface area contributed by atoms with E-state index in [1.54, 1.807) is 18.3 Å². The minimum absolute atomic E-state index is 0.0258. The van der Waals surface area contributed by atoms with Gasteiger partial charge in [-0.15, -0.1) is 0 Å². The number of nitrogens with one attached hydrogen (secondary N) is 3. The number of nitrogens with zero attached hydrogens (tertiary/aromatic N) is 3. The molecule has 0 amide bonds. The molecule has 2 aromatic rings. The Kier molecular flexibility index (Phi) is 9.24. The van der Waals surface area contributed by atoms with Crippen molar-refractivity contribution in [2.24, 2.45) is 17.8 Å². The Morgan fingerprint density at radius 1 is 1.21 bits per heavy atom. The van der Waals surface area contributed by atoms with E-state index in [4.69, 9.17) is 5.26 Å². The molecule has 1 heterocycles. The third-order valence-corrected chi connectivity index (χ3v) is 8.10. The summed E-state index contributed by atoms with van der Waals surface area (Å²) < 4.78 is 28.8. The second-order valence-electron chi connectivity index (χ2n) is 8.92. The van der Waals surface area contributed by atoms with Crippen molar-refractivity contribution in [3.05, 3.63) is 34.9 Å². The molecule has 1 aliphatic carbocycles. The standard InChI is InChI=1S/C23H31BrN6O3S/c1-15(2)21(14-31)29-22-20(24)13-26-23(30-22)28-18-7-9-19(10-8-18)34(32,33)27-12-17-5-3-16(11-25)4-6-17/h7-10,13,15-17,21,27,31H,3-6,12,14H2,1-2H3,(H2,26,28,29,30)/t16?,17?,21-/m0/s1. The molecule has 0 spiro atoms. The first-order valence-corrected chi connectivity index (χ1v) is 13.7. The number of aromatic nitrogens is 2. The van der Waals surface area contributed by atoms with Gasteiger partial charge in [0.05, 0.1) is 28.1 Å². The number of rotatable bonds is 10. The van der Waals surface area contributed by atoms with Gasteiger partial charge in [-0.3, -0.25) is 0 Å². The van der Waals surface area contributed by atoms with Gasteiger partial charge in [0.2, 0.25) is 16.0 Å². The van der Waals surface area contributed by atoms with E-state index in [9.17, 15) is 13.5 Å². The quantitative estimate of drug-likeness (QED) is 0.347. The zero-order chi connectivity index (χ0) is 24.7. The molecule has 0 aliphatic heterocycles. The number of halogens is 1. The summed E-state index contributed by atoms with van der Waals surface area (Å²) in [6, 6.07) is 8.54. The van der Waals surface area contributed by atoms with Gasteiger partial charge in [-0.2, -0.15) is 10.2 Å². The Morgan fingerprint density at radius 2 is 1.88 bits per heavy atom. The van der Waals surface area contributed by atoms with Gasteiger partial charge in [0.25, 0.3) is 0 Å². The molecule has 34 heavy (non-hydrogen) atoms. The summed E-state index contributed by atoms with van der Waals surface area (Å²) in [5.74, 6) is 1.46. The Labute approximate surface area is 209 Å². The highest BCUT2D eigenvalue weighted by Gasteiger charge is 2.23. The maximum atomic E-state index is 12.7. The van der Waals surface area contributed by atoms with Gasteiger partial charge in [0.15, 0.2) is 0 Å². The molecular weight excluding hydrogens is 520 g/mol. The van der Waals surface area contributed by atoms with E-state index in [1.165, 1.54) is 12.1 Å². The van der Waals surface area contributed by atoms with Gasteiger partial charge in [0, 0.05) is 24.3 Å². The number of anilines is 3. The van der Waals surface area contributed by atoms with Crippen molar-refractivity contribution in [1.29, 1.82) is 5.26 Å². The van der Waals surface area contributed by atoms with Crippen LogP contribution in [0.4, 0.5) is 17.5 Å². The fourth-order valence-corrected chi connectivity index (χ4v) is 5.20. The maximum Gasteiger partial charge on any atom is 0.240 e. The highest BCUT2D eigenvalue weighted by atomic mass is 79.9. The monoisotopic (exact) mass is 550 g/mol. The van der Waals surface area contributed by atoms with Gasteiger partial charge in [-0.1, -0.05) is 13.8 Å². The Balaban J connectivity index is 1.61. The predicted molar refractivity (Wildman–Crippen MR) is 135 cm³/mol. The van der Waals surface area contributed by atoms with E-state index in [0.717, 1.165) is 25.7 Å². The zero-order valence-corrected chi connectivity index (χ0v) is 21.7. The van der Waals surface area contributed by atoms with Crippen LogP contribution in [0, 0.1) is 29.1 Å². The number of nitriles is 1. The van der Waals surface area contributed by atoms with E-state index >= 15 is 0 Å². The van der Waals surface area contributed by atoms with Crippen LogP contribution in [0.25, 0.3) is 0 Å². The molecule has 0 radical (unpaired) electrons. The largest absolute Gasteiger partial charge is 0.394 e. The van der Waals surface area contributed by atoms with Crippen LogP contribution < -0.4 is 15.4 Å². The summed E-state index contributed by atoms with van der Waals surface area (Å²) in [6.45, 7) is 4.37. The Bertz CT molecular complexity index is 1100. The van der Waals surface area contributed by atoms with Crippen molar-refractivity contribution in [1.82, 2.24) is 14.7 Å². The molecule has 11 heteroatoms. The van der Waals surface area contributed by atoms with E-state index in [0.29, 0.717) is 28.5 Å². The fraction of sp³-hybridized carbons (Fsp3) is 0.522. The Morgan fingerprint density at radius 3 is 2.47 bits per heavy atom. The van der Waals surface area contributed by atoms with Crippen molar-refractivity contribution < 1.29 is 13.5 Å². The van der Waals surface area contributed by atoms with Gasteiger partial charge >= 0.3 is 0 Å². The SMILES string of the molecule is CC(C)[C@H](CO)Nc1nc(Nc2ccc(S(=O)(=O)NCC3CCC(C#N)CC3)cc2)ncc1Br. The zero-order valence-electron chi connectivity index (χ0n) is 19.3. The highest BCUT2D eigenvalue weighted by molar-refractivity contribution is 9.10. The normalized spacial score (nSPS) is 19.4. The number of aliphatic hydroxyl groups is 1. The smallest absolute Gasteiger partial charge is 0.240 e. The molecule has 1 aromatic heterocycles. The molecule has 3 rings (SSSR count). The van der Waals surface area contributed by atoms with Crippen LogP contribution in [0.2, 0.25) is 0 Å². The topological polar surface area (TPSA) is 140 Å². The van der Waals surface area contributed by atoms with Crippen molar-refractivity contribution in [3.63, 3.8) is 0 Å². The van der Waals surface area contributed by atoms with Crippen LogP contribution in [-0.4, -0.2) is 42.7 Å². The van der Waals surface area contributed by atoms with Gasteiger partial charge < -0.3 is 15.7 Å². The second kappa shape index (κ2) is 11.9. The summed E-state index contributed by atoms with van der Waals surface area (Å²) >= 11 is 3.42. The van der Waals surface area contributed by atoms with Gasteiger partial charge in [0.1, 0.15) is 5.82 Å². The van der Waals surface area contributed by atoms with E-state index < -0.39 is 10.0 Å². The van der Waals surface area contributed by atoms with E-state index in [1.807, 2.05) is 13.8 Å². The van der Waals surface area contributed by atoms with Gasteiger partial charge in [-0.25, -0.2) is 18.1 Å². The summed E-state index contributed by atoms with van der Waals surface area (Å²) in [6.07, 6.45) is 5.00. The van der Waals surface area contributed by atoms with Crippen LogP contribution >= 0.6 is 15.9 Å². The lowest BCUT2D eigenvalue weighted by Crippen LogP contribution is -2.31. The minimum atomic E-state index is -3.62. The average Bonchev–Trinajstić information content (AvgIpc) is 2.83. The molecule has 184 valence electrons. The maximum absolute atomic E-state index is 12.7. The lowest BCUT2D eigenvalue weighted by molar-refractivity contribution is 0.249. The van der Waals surface area contributed by atoms with E-state index in [-0.39, 0.29) is 35.3 Å². The molecule has 1 aliphatic rings. The Hall–Kier alpha value is -2.26. The van der Waals surface area contributed by atoms with E-state index in [2.05, 4.69) is 47.3 Å². The summed E-state index contributed by atoms with van der Waals surface area (Å²) in [5.41, 5.74) is 0.643. The number of hydrogen-bond donors (Lipinski definition) is 4. The first kappa shape index (κ1) is 26.3. The van der Waals surface area contributed by atoms with Crippen molar-refractivity contribution in [3.8, 4) is 6.07 Å². The molecule has 4 N–H and O–H groups in total. The molecule has 0 bridgehead atoms. The third kappa shape index (κ3) is 7.12. The number of benzene rings is 1. The molecule has 1 atom stereocenters. The van der Waals surface area contributed by atoms with Crippen molar-refractivity contribution >= 4 is 43.4 Å².